The topological polar surface area (TPSA) is 70.4 Å². The Hall–Kier alpha value is -1.93. The van der Waals surface area contributed by atoms with Crippen molar-refractivity contribution in [1.82, 2.24) is 30.3 Å². The van der Waals surface area contributed by atoms with Crippen molar-refractivity contribution in [2.75, 3.05) is 19.6 Å². The fourth-order valence-electron chi connectivity index (χ4n) is 3.42. The third-order valence-electron chi connectivity index (χ3n) is 5.36. The number of thiophene rings is 1. The molecule has 0 aliphatic carbocycles. The number of likely N-dealkylation sites (tertiary alicyclic amines) is 1. The predicted octanol–water partition coefficient (Wildman–Crippen LogP) is 2.21. The van der Waals surface area contributed by atoms with Crippen LogP contribution in [0.25, 0.3) is 0 Å². The summed E-state index contributed by atoms with van der Waals surface area (Å²) < 4.78 is 1.99. The van der Waals surface area contributed by atoms with Crippen molar-refractivity contribution in [2.45, 2.75) is 52.7 Å². The van der Waals surface area contributed by atoms with E-state index in [-0.39, 0.29) is 0 Å². The summed E-state index contributed by atoms with van der Waals surface area (Å²) in [6, 6.07) is 2.74. The molecular weight excluding hydrogens is 358 g/mol. The maximum absolute atomic E-state index is 4.77. The number of aryl methyl sites for hydroxylation is 2. The zero-order chi connectivity index (χ0) is 19.2. The Labute approximate surface area is 165 Å². The summed E-state index contributed by atoms with van der Waals surface area (Å²) in [5.41, 5.74) is 1.32. The van der Waals surface area contributed by atoms with E-state index in [1.165, 1.54) is 29.8 Å². The Kier molecular flexibility index (Phi) is 6.84. The van der Waals surface area contributed by atoms with Gasteiger partial charge in [-0.1, -0.05) is 6.92 Å². The molecule has 7 nitrogen and oxygen atoms in total. The van der Waals surface area contributed by atoms with Gasteiger partial charge in [0.25, 0.3) is 0 Å². The van der Waals surface area contributed by atoms with E-state index in [1.807, 2.05) is 18.5 Å². The van der Waals surface area contributed by atoms with Gasteiger partial charge in [-0.2, -0.15) is 0 Å². The Morgan fingerprint density at radius 1 is 1.33 bits per heavy atom. The van der Waals surface area contributed by atoms with Crippen LogP contribution in [0.4, 0.5) is 0 Å². The molecule has 1 unspecified atom stereocenters. The van der Waals surface area contributed by atoms with E-state index >= 15 is 0 Å². The van der Waals surface area contributed by atoms with E-state index in [1.54, 1.807) is 11.3 Å². The van der Waals surface area contributed by atoms with Gasteiger partial charge in [-0.3, -0.25) is 4.90 Å². The molecule has 1 fully saturated rings. The molecule has 148 valence electrons. The van der Waals surface area contributed by atoms with Gasteiger partial charge in [0.2, 0.25) is 0 Å². The number of rotatable bonds is 7. The summed E-state index contributed by atoms with van der Waals surface area (Å²) >= 11 is 1.78. The van der Waals surface area contributed by atoms with Crippen molar-refractivity contribution in [2.24, 2.45) is 12.0 Å². The third-order valence-corrected chi connectivity index (χ3v) is 6.38. The van der Waals surface area contributed by atoms with Gasteiger partial charge >= 0.3 is 0 Å². The van der Waals surface area contributed by atoms with Gasteiger partial charge in [-0.05, 0) is 56.8 Å². The second-order valence-corrected chi connectivity index (χ2v) is 8.07. The number of aliphatic imine (C=N–C) groups is 1. The molecule has 0 aromatic carbocycles. The number of aromatic nitrogens is 3. The number of nitrogens with one attached hydrogen (secondary N) is 2. The maximum atomic E-state index is 4.77. The highest BCUT2D eigenvalue weighted by molar-refractivity contribution is 7.10. The lowest BCUT2D eigenvalue weighted by Gasteiger charge is -2.24. The summed E-state index contributed by atoms with van der Waals surface area (Å²) in [6.07, 6.45) is 2.54. The van der Waals surface area contributed by atoms with Crippen molar-refractivity contribution >= 4 is 17.3 Å². The highest BCUT2D eigenvalue weighted by Crippen LogP contribution is 2.16. The average Bonchev–Trinajstić information content (AvgIpc) is 3.37. The second-order valence-electron chi connectivity index (χ2n) is 7.07. The first-order valence-corrected chi connectivity index (χ1v) is 10.6. The first-order chi connectivity index (χ1) is 13.1. The molecule has 2 N–H and O–H groups in total. The number of likely N-dealkylation sites (N-methyl/N-ethyl adjacent to an activating group) is 1. The molecule has 1 aliphatic rings. The highest BCUT2D eigenvalue weighted by Gasteiger charge is 2.22. The number of guanidine groups is 1. The third kappa shape index (κ3) is 5.07. The smallest absolute Gasteiger partial charge is 0.192 e. The molecule has 0 saturated carbocycles. The van der Waals surface area contributed by atoms with Crippen molar-refractivity contribution in [3.63, 3.8) is 0 Å². The van der Waals surface area contributed by atoms with Gasteiger partial charge in [0.05, 0.1) is 6.54 Å². The lowest BCUT2D eigenvalue weighted by atomic mass is 10.2. The molecule has 1 saturated heterocycles. The Balaban J connectivity index is 1.64. The summed E-state index contributed by atoms with van der Waals surface area (Å²) in [4.78, 5) is 8.65. The van der Waals surface area contributed by atoms with Gasteiger partial charge in [-0.15, -0.1) is 21.5 Å². The Morgan fingerprint density at radius 3 is 2.85 bits per heavy atom. The fraction of sp³-hybridized carbons (Fsp3) is 0.632. The summed E-state index contributed by atoms with van der Waals surface area (Å²) in [6.45, 7) is 10.9. The lowest BCUT2D eigenvalue weighted by molar-refractivity contribution is 0.267. The summed E-state index contributed by atoms with van der Waals surface area (Å²) in [7, 11) is 1.98. The summed E-state index contributed by atoms with van der Waals surface area (Å²) in [5.74, 6) is 2.62. The molecule has 0 bridgehead atoms. The van der Waals surface area contributed by atoms with Crippen molar-refractivity contribution in [3.05, 3.63) is 33.5 Å². The number of hydrogen-bond donors (Lipinski definition) is 2. The van der Waals surface area contributed by atoms with Crippen LogP contribution < -0.4 is 10.6 Å². The Bertz CT molecular complexity index is 764. The van der Waals surface area contributed by atoms with Crippen LogP contribution in [0.3, 0.4) is 0 Å². The monoisotopic (exact) mass is 389 g/mol. The molecule has 8 heteroatoms. The van der Waals surface area contributed by atoms with E-state index in [0.29, 0.717) is 12.6 Å². The van der Waals surface area contributed by atoms with E-state index < -0.39 is 0 Å². The van der Waals surface area contributed by atoms with Crippen LogP contribution in [0.15, 0.2) is 16.4 Å². The zero-order valence-corrected chi connectivity index (χ0v) is 17.6. The van der Waals surface area contributed by atoms with Gasteiger partial charge in [0.15, 0.2) is 11.8 Å². The molecule has 27 heavy (non-hydrogen) atoms. The SMILES string of the molecule is CCN1CCCC1CNC(=NCc1nnc(C)n1C)NCc1sccc1C. The largest absolute Gasteiger partial charge is 0.355 e. The van der Waals surface area contributed by atoms with Crippen LogP contribution in [0, 0.1) is 13.8 Å². The van der Waals surface area contributed by atoms with Crippen LogP contribution in [0.5, 0.6) is 0 Å². The minimum absolute atomic E-state index is 0.512. The molecule has 0 amide bonds. The first kappa shape index (κ1) is 19.8. The molecule has 0 radical (unpaired) electrons. The second kappa shape index (κ2) is 9.32. The van der Waals surface area contributed by atoms with E-state index in [4.69, 9.17) is 4.99 Å². The van der Waals surface area contributed by atoms with Crippen molar-refractivity contribution in [3.8, 4) is 0 Å². The first-order valence-electron chi connectivity index (χ1n) is 9.72. The lowest BCUT2D eigenvalue weighted by Crippen LogP contribution is -2.44. The minimum Gasteiger partial charge on any atom is -0.355 e. The number of hydrogen-bond acceptors (Lipinski definition) is 5. The number of nitrogens with zero attached hydrogens (tertiary/aromatic N) is 5. The van der Waals surface area contributed by atoms with E-state index in [9.17, 15) is 0 Å². The van der Waals surface area contributed by atoms with Gasteiger partial charge in [0.1, 0.15) is 12.4 Å². The van der Waals surface area contributed by atoms with Crippen LogP contribution in [-0.4, -0.2) is 51.3 Å². The van der Waals surface area contributed by atoms with E-state index in [2.05, 4.69) is 51.0 Å². The normalized spacial score (nSPS) is 18.2. The molecule has 1 aliphatic heterocycles. The van der Waals surface area contributed by atoms with E-state index in [0.717, 1.165) is 37.2 Å². The average molecular weight is 390 g/mol. The molecule has 3 rings (SSSR count). The van der Waals surface area contributed by atoms with Gasteiger partial charge < -0.3 is 15.2 Å². The predicted molar refractivity (Wildman–Crippen MR) is 111 cm³/mol. The zero-order valence-electron chi connectivity index (χ0n) is 16.8. The molecule has 3 heterocycles. The van der Waals surface area contributed by atoms with Gasteiger partial charge in [0, 0.05) is 24.5 Å². The summed E-state index contributed by atoms with van der Waals surface area (Å²) in [5, 5.41) is 17.5. The van der Waals surface area contributed by atoms with Crippen molar-refractivity contribution in [1.29, 1.82) is 0 Å². The minimum atomic E-state index is 0.512. The Morgan fingerprint density at radius 2 is 2.19 bits per heavy atom. The standard InChI is InChI=1S/C19H31N7S/c1-5-26-9-6-7-16(26)11-20-19(21-12-17-14(2)8-10-27-17)22-13-18-24-23-15(3)25(18)4/h8,10,16H,5-7,9,11-13H2,1-4H3,(H2,20,21,22). The van der Waals surface area contributed by atoms with Crippen LogP contribution in [-0.2, 0) is 20.1 Å². The van der Waals surface area contributed by atoms with Crippen molar-refractivity contribution < 1.29 is 0 Å². The maximum Gasteiger partial charge on any atom is 0.192 e. The molecular formula is C19H31N7S. The van der Waals surface area contributed by atoms with Crippen LogP contribution in [0.1, 0.15) is 41.9 Å². The van der Waals surface area contributed by atoms with Crippen LogP contribution >= 0.6 is 11.3 Å². The fourth-order valence-corrected chi connectivity index (χ4v) is 4.26. The molecule has 2 aromatic heterocycles. The van der Waals surface area contributed by atoms with Crippen LogP contribution in [0.2, 0.25) is 0 Å². The molecule has 0 spiro atoms. The molecule has 1 atom stereocenters. The van der Waals surface area contributed by atoms with Gasteiger partial charge in [-0.25, -0.2) is 4.99 Å². The molecule has 2 aromatic rings. The highest BCUT2D eigenvalue weighted by atomic mass is 32.1. The quantitative estimate of drug-likeness (QED) is 0.561.